The Morgan fingerprint density at radius 2 is 2.15 bits per heavy atom. The van der Waals surface area contributed by atoms with Gasteiger partial charge in [0.2, 0.25) is 0 Å². The molecule has 0 aromatic heterocycles. The third kappa shape index (κ3) is 2.00. The van der Waals surface area contributed by atoms with Gasteiger partial charge in [0.15, 0.2) is 6.10 Å². The third-order valence-electron chi connectivity index (χ3n) is 2.38. The van der Waals surface area contributed by atoms with Crippen LogP contribution in [-0.2, 0) is 9.53 Å². The molecule has 1 N–H and O–H groups in total. The van der Waals surface area contributed by atoms with Gasteiger partial charge in [0.25, 0.3) is 0 Å². The zero-order chi connectivity index (χ0) is 10.2. The van der Waals surface area contributed by atoms with Crippen LogP contribution < -0.4 is 0 Å². The van der Waals surface area contributed by atoms with E-state index in [-0.39, 0.29) is 0 Å². The van der Waals surface area contributed by atoms with E-state index in [1.165, 1.54) is 0 Å². The van der Waals surface area contributed by atoms with Crippen LogP contribution in [-0.4, -0.2) is 40.4 Å². The van der Waals surface area contributed by atoms with Crippen molar-refractivity contribution in [3.8, 4) is 0 Å². The number of hydrogen-bond donors (Lipinski definition) is 1. The summed E-state index contributed by atoms with van der Waals surface area (Å²) in [4.78, 5) is 12.8. The molecule has 0 spiro atoms. The van der Waals surface area contributed by atoms with E-state index in [0.717, 1.165) is 0 Å². The van der Waals surface area contributed by atoms with E-state index in [4.69, 9.17) is 9.84 Å². The van der Waals surface area contributed by atoms with Crippen LogP contribution in [0.25, 0.3) is 0 Å². The van der Waals surface area contributed by atoms with E-state index in [1.54, 1.807) is 0 Å². The van der Waals surface area contributed by atoms with Gasteiger partial charge in [0.05, 0.1) is 0 Å². The summed E-state index contributed by atoms with van der Waals surface area (Å²) in [5, 5.41) is 8.79. The summed E-state index contributed by atoms with van der Waals surface area (Å²) < 4.78 is 5.41. The summed E-state index contributed by atoms with van der Waals surface area (Å²) in [5.41, 5.74) is -0.461. The molecule has 0 aromatic rings. The quantitative estimate of drug-likeness (QED) is 0.698. The first-order chi connectivity index (χ1) is 5.84. The molecule has 1 heterocycles. The predicted octanol–water partition coefficient (Wildman–Crippen LogP) is 0.916. The van der Waals surface area contributed by atoms with Crippen LogP contribution in [0.5, 0.6) is 0 Å². The molecule has 1 saturated heterocycles. The lowest BCUT2D eigenvalue weighted by Crippen LogP contribution is -2.43. The molecule has 0 bridgehead atoms. The Balaban J connectivity index is 2.73. The number of rotatable bonds is 2. The van der Waals surface area contributed by atoms with Gasteiger partial charge in [0.1, 0.15) is 5.72 Å². The minimum atomic E-state index is -0.878. The lowest BCUT2D eigenvalue weighted by molar-refractivity contribution is -0.155. The zero-order valence-electron chi connectivity index (χ0n) is 8.57. The van der Waals surface area contributed by atoms with E-state index in [0.29, 0.717) is 12.6 Å². The maximum absolute atomic E-state index is 10.7. The van der Waals surface area contributed by atoms with Crippen LogP contribution in [0.2, 0.25) is 0 Å². The van der Waals surface area contributed by atoms with Gasteiger partial charge < -0.3 is 9.84 Å². The Labute approximate surface area is 78.5 Å². The highest BCUT2D eigenvalue weighted by molar-refractivity contribution is 5.73. The Bertz CT molecular complexity index is 213. The second-order valence-corrected chi connectivity index (χ2v) is 4.14. The van der Waals surface area contributed by atoms with Crippen molar-refractivity contribution in [2.45, 2.75) is 45.6 Å². The summed E-state index contributed by atoms with van der Waals surface area (Å²) in [5.74, 6) is -0.878. The number of carbonyl (C=O) groups is 1. The topological polar surface area (TPSA) is 49.8 Å². The largest absolute Gasteiger partial charge is 0.479 e. The van der Waals surface area contributed by atoms with Crippen LogP contribution in [0.3, 0.4) is 0 Å². The Hall–Kier alpha value is -0.610. The molecule has 1 rings (SSSR count). The molecule has 1 unspecified atom stereocenters. The molecule has 13 heavy (non-hydrogen) atoms. The Morgan fingerprint density at radius 3 is 2.38 bits per heavy atom. The van der Waals surface area contributed by atoms with Gasteiger partial charge in [-0.1, -0.05) is 0 Å². The van der Waals surface area contributed by atoms with Crippen molar-refractivity contribution in [2.24, 2.45) is 0 Å². The van der Waals surface area contributed by atoms with Gasteiger partial charge in [-0.05, 0) is 27.7 Å². The zero-order valence-corrected chi connectivity index (χ0v) is 8.57. The number of carboxylic acid groups (broad SMARTS) is 1. The molecular formula is C9H17NO3. The monoisotopic (exact) mass is 187 g/mol. The maximum atomic E-state index is 10.7. The van der Waals surface area contributed by atoms with E-state index in [1.807, 2.05) is 32.6 Å². The molecule has 0 radical (unpaired) electrons. The third-order valence-corrected chi connectivity index (χ3v) is 2.38. The number of aliphatic carboxylic acids is 1. The molecule has 4 heteroatoms. The van der Waals surface area contributed by atoms with Gasteiger partial charge in [0, 0.05) is 12.6 Å². The highest BCUT2D eigenvalue weighted by Crippen LogP contribution is 2.28. The Morgan fingerprint density at radius 1 is 1.62 bits per heavy atom. The van der Waals surface area contributed by atoms with E-state index in [9.17, 15) is 4.79 Å². The lowest BCUT2D eigenvalue weighted by Gasteiger charge is -2.32. The molecule has 0 saturated carbocycles. The molecule has 1 aliphatic rings. The molecular weight excluding hydrogens is 170 g/mol. The van der Waals surface area contributed by atoms with Gasteiger partial charge in [-0.3, -0.25) is 4.90 Å². The fourth-order valence-corrected chi connectivity index (χ4v) is 1.81. The summed E-state index contributed by atoms with van der Waals surface area (Å²) in [7, 11) is 0. The van der Waals surface area contributed by atoms with Gasteiger partial charge >= 0.3 is 5.97 Å². The SMILES string of the molecule is CC(C)N1CC(C(=O)O)OC1(C)C. The highest BCUT2D eigenvalue weighted by Gasteiger charge is 2.43. The van der Waals surface area contributed by atoms with Gasteiger partial charge in [-0.15, -0.1) is 0 Å². The smallest absolute Gasteiger partial charge is 0.334 e. The number of carboxylic acids is 1. The van der Waals surface area contributed by atoms with Crippen molar-refractivity contribution < 1.29 is 14.6 Å². The predicted molar refractivity (Wildman–Crippen MR) is 48.4 cm³/mol. The number of nitrogens with zero attached hydrogens (tertiary/aromatic N) is 1. The van der Waals surface area contributed by atoms with Crippen molar-refractivity contribution in [1.29, 1.82) is 0 Å². The molecule has 1 atom stereocenters. The standard InChI is InChI=1S/C9H17NO3/c1-6(2)10-5-7(8(11)12)13-9(10,3)4/h6-7H,5H2,1-4H3,(H,11,12). The minimum Gasteiger partial charge on any atom is -0.479 e. The Kier molecular flexibility index (Phi) is 2.63. The maximum Gasteiger partial charge on any atom is 0.334 e. The normalized spacial score (nSPS) is 28.2. The van der Waals surface area contributed by atoms with Crippen molar-refractivity contribution in [1.82, 2.24) is 4.90 Å². The van der Waals surface area contributed by atoms with Gasteiger partial charge in [-0.25, -0.2) is 4.79 Å². The van der Waals surface area contributed by atoms with Crippen molar-refractivity contribution in [2.75, 3.05) is 6.54 Å². The molecule has 0 aliphatic carbocycles. The summed E-state index contributed by atoms with van der Waals surface area (Å²) in [6.45, 7) is 8.34. The molecule has 0 amide bonds. The first-order valence-corrected chi connectivity index (χ1v) is 4.52. The molecule has 1 fully saturated rings. The average Bonchev–Trinajstić information content (AvgIpc) is 2.25. The van der Waals surface area contributed by atoms with Crippen LogP contribution in [0, 0.1) is 0 Å². The second kappa shape index (κ2) is 3.27. The first-order valence-electron chi connectivity index (χ1n) is 4.52. The van der Waals surface area contributed by atoms with Crippen molar-refractivity contribution in [3.63, 3.8) is 0 Å². The molecule has 1 aliphatic heterocycles. The van der Waals surface area contributed by atoms with Crippen LogP contribution in [0.4, 0.5) is 0 Å². The van der Waals surface area contributed by atoms with E-state index < -0.39 is 17.8 Å². The van der Waals surface area contributed by atoms with Gasteiger partial charge in [-0.2, -0.15) is 0 Å². The van der Waals surface area contributed by atoms with Crippen molar-refractivity contribution in [3.05, 3.63) is 0 Å². The highest BCUT2D eigenvalue weighted by atomic mass is 16.6. The lowest BCUT2D eigenvalue weighted by atomic mass is 10.2. The molecule has 4 nitrogen and oxygen atoms in total. The molecule has 76 valence electrons. The first kappa shape index (κ1) is 10.5. The average molecular weight is 187 g/mol. The minimum absolute atomic E-state index is 0.305. The number of ether oxygens (including phenoxy) is 1. The van der Waals surface area contributed by atoms with E-state index in [2.05, 4.69) is 0 Å². The fourth-order valence-electron chi connectivity index (χ4n) is 1.81. The summed E-state index contributed by atoms with van der Waals surface area (Å²) in [6, 6.07) is 0.305. The summed E-state index contributed by atoms with van der Waals surface area (Å²) >= 11 is 0. The van der Waals surface area contributed by atoms with Crippen LogP contribution >= 0.6 is 0 Å². The van der Waals surface area contributed by atoms with Crippen molar-refractivity contribution >= 4 is 5.97 Å². The summed E-state index contributed by atoms with van der Waals surface area (Å²) in [6.07, 6.45) is -0.683. The van der Waals surface area contributed by atoms with Crippen LogP contribution in [0.15, 0.2) is 0 Å². The van der Waals surface area contributed by atoms with Crippen LogP contribution in [0.1, 0.15) is 27.7 Å². The number of hydrogen-bond acceptors (Lipinski definition) is 3. The second-order valence-electron chi connectivity index (χ2n) is 4.14. The molecule has 0 aromatic carbocycles. The fraction of sp³-hybridized carbons (Fsp3) is 0.889. The van der Waals surface area contributed by atoms with E-state index >= 15 is 0 Å².